The zero-order valence-electron chi connectivity index (χ0n) is 23.8. The van der Waals surface area contributed by atoms with Gasteiger partial charge in [0.25, 0.3) is 0 Å². The molecule has 0 N–H and O–H groups in total. The lowest BCUT2D eigenvalue weighted by atomic mass is 9.70. The molecule has 0 radical (unpaired) electrons. The Morgan fingerprint density at radius 3 is 1.40 bits per heavy atom. The van der Waals surface area contributed by atoms with Gasteiger partial charge in [-0.15, -0.1) is 0 Å². The molecule has 0 saturated heterocycles. The second kappa shape index (κ2) is 9.05. The van der Waals surface area contributed by atoms with Gasteiger partial charge >= 0.3 is 0 Å². The topological polar surface area (TPSA) is 9.23 Å². The first-order chi connectivity index (χ1) is 21.3. The maximum atomic E-state index is 5.50. The van der Waals surface area contributed by atoms with E-state index in [2.05, 4.69) is 152 Å². The van der Waals surface area contributed by atoms with E-state index in [0.29, 0.717) is 0 Å². The fourth-order valence-corrected chi connectivity index (χ4v) is 7.82. The minimum absolute atomic E-state index is 0.368. The molecule has 9 rings (SSSR count). The van der Waals surface area contributed by atoms with Gasteiger partial charge in [-0.25, -0.2) is 0 Å². The van der Waals surface area contributed by atoms with Crippen LogP contribution in [-0.2, 0) is 5.41 Å². The van der Waals surface area contributed by atoms with Crippen LogP contribution in [-0.4, -0.2) is 7.11 Å². The van der Waals surface area contributed by atoms with E-state index in [4.69, 9.17) is 4.74 Å². The largest absolute Gasteiger partial charge is 0.497 e. The number of benzene rings is 7. The van der Waals surface area contributed by atoms with Crippen molar-refractivity contribution in [3.63, 3.8) is 0 Å². The molecule has 0 aliphatic heterocycles. The molecule has 0 aromatic heterocycles. The fourth-order valence-electron chi connectivity index (χ4n) is 7.82. The summed E-state index contributed by atoms with van der Waals surface area (Å²) in [5, 5.41) is 2.53. The SMILES string of the molecule is COc1ccc(-c2ccc(-c3ccccc3)c3cc4c(cc23)C2(c3ccccc3-c3ccccc32)c2ccccc2-4)cc1. The molecule has 1 nitrogen and oxygen atoms in total. The van der Waals surface area contributed by atoms with Crippen LogP contribution >= 0.6 is 0 Å². The molecule has 0 fully saturated rings. The van der Waals surface area contributed by atoms with Crippen molar-refractivity contribution in [1.29, 1.82) is 0 Å². The average Bonchev–Trinajstić information content (AvgIpc) is 3.54. The second-order valence-corrected chi connectivity index (χ2v) is 11.6. The van der Waals surface area contributed by atoms with Crippen LogP contribution in [0, 0.1) is 0 Å². The Labute approximate surface area is 251 Å². The van der Waals surface area contributed by atoms with Gasteiger partial charge in [0.05, 0.1) is 12.5 Å². The van der Waals surface area contributed by atoms with Crippen LogP contribution in [0.5, 0.6) is 5.75 Å². The Hall–Kier alpha value is -5.40. The minimum Gasteiger partial charge on any atom is -0.497 e. The highest BCUT2D eigenvalue weighted by atomic mass is 16.5. The van der Waals surface area contributed by atoms with Crippen LogP contribution in [0.2, 0.25) is 0 Å². The molecule has 7 aromatic carbocycles. The number of methoxy groups -OCH3 is 1. The van der Waals surface area contributed by atoms with E-state index < -0.39 is 0 Å². The molecule has 2 aliphatic rings. The van der Waals surface area contributed by atoms with Gasteiger partial charge in [0.2, 0.25) is 0 Å². The highest BCUT2D eigenvalue weighted by Crippen LogP contribution is 2.63. The summed E-state index contributed by atoms with van der Waals surface area (Å²) < 4.78 is 5.50. The van der Waals surface area contributed by atoms with Gasteiger partial charge in [-0.3, -0.25) is 0 Å². The lowest BCUT2D eigenvalue weighted by molar-refractivity contribution is 0.415. The van der Waals surface area contributed by atoms with E-state index >= 15 is 0 Å². The molecule has 0 unspecified atom stereocenters. The summed E-state index contributed by atoms with van der Waals surface area (Å²) in [6, 6.07) is 55.9. The zero-order chi connectivity index (χ0) is 28.5. The molecular weight excluding hydrogens is 520 g/mol. The van der Waals surface area contributed by atoms with E-state index in [1.54, 1.807) is 7.11 Å². The van der Waals surface area contributed by atoms with Gasteiger partial charge in [-0.1, -0.05) is 127 Å². The molecule has 202 valence electrons. The van der Waals surface area contributed by atoms with Gasteiger partial charge in [-0.2, -0.15) is 0 Å². The van der Waals surface area contributed by atoms with Crippen LogP contribution in [0.25, 0.3) is 55.3 Å². The Kier molecular flexibility index (Phi) is 5.10. The molecule has 0 heterocycles. The van der Waals surface area contributed by atoms with Crippen molar-refractivity contribution in [2.45, 2.75) is 5.41 Å². The Balaban J connectivity index is 1.44. The summed E-state index contributed by atoms with van der Waals surface area (Å²) in [6.45, 7) is 0. The van der Waals surface area contributed by atoms with Gasteiger partial charge in [0, 0.05) is 0 Å². The molecular formula is C42H28O. The number of hydrogen-bond acceptors (Lipinski definition) is 1. The van der Waals surface area contributed by atoms with E-state index in [-0.39, 0.29) is 5.41 Å². The van der Waals surface area contributed by atoms with Crippen molar-refractivity contribution in [3.8, 4) is 50.3 Å². The Morgan fingerprint density at radius 2 is 0.837 bits per heavy atom. The molecule has 7 aromatic rings. The van der Waals surface area contributed by atoms with E-state index in [9.17, 15) is 0 Å². The van der Waals surface area contributed by atoms with Crippen LogP contribution < -0.4 is 4.74 Å². The van der Waals surface area contributed by atoms with Crippen molar-refractivity contribution >= 4 is 10.8 Å². The third kappa shape index (κ3) is 3.22. The van der Waals surface area contributed by atoms with Crippen molar-refractivity contribution in [2.75, 3.05) is 7.11 Å². The maximum Gasteiger partial charge on any atom is 0.118 e. The Morgan fingerprint density at radius 1 is 0.372 bits per heavy atom. The Bertz CT molecular complexity index is 2160. The van der Waals surface area contributed by atoms with E-state index in [1.807, 2.05) is 0 Å². The average molecular weight is 549 g/mol. The first kappa shape index (κ1) is 24.2. The summed E-state index contributed by atoms with van der Waals surface area (Å²) in [4.78, 5) is 0. The van der Waals surface area contributed by atoms with Crippen LogP contribution in [0.4, 0.5) is 0 Å². The van der Waals surface area contributed by atoms with Crippen molar-refractivity contribution in [2.24, 2.45) is 0 Å². The minimum atomic E-state index is -0.368. The maximum absolute atomic E-state index is 5.50. The molecule has 1 spiro atoms. The second-order valence-electron chi connectivity index (χ2n) is 11.6. The van der Waals surface area contributed by atoms with Crippen LogP contribution in [0.1, 0.15) is 22.3 Å². The lowest BCUT2D eigenvalue weighted by Gasteiger charge is -2.30. The monoisotopic (exact) mass is 548 g/mol. The van der Waals surface area contributed by atoms with Crippen LogP contribution in [0.15, 0.2) is 152 Å². The van der Waals surface area contributed by atoms with Gasteiger partial charge in [-0.05, 0) is 102 Å². The van der Waals surface area contributed by atoms with Crippen LogP contribution in [0.3, 0.4) is 0 Å². The number of rotatable bonds is 3. The quantitative estimate of drug-likeness (QED) is 0.213. The normalized spacial score (nSPS) is 13.4. The van der Waals surface area contributed by atoms with Crippen molar-refractivity contribution < 1.29 is 4.74 Å². The van der Waals surface area contributed by atoms with Crippen molar-refractivity contribution in [1.82, 2.24) is 0 Å². The standard InChI is InChI=1S/C42H28O/c1-43-29-21-19-28(20-22-29)31-24-23-30(27-11-3-2-4-12-27)35-25-37-34-15-7-10-18-40(34)42(41(37)26-36(31)35)38-16-8-5-13-32(38)33-14-6-9-17-39(33)42/h2-26H,1H3. The highest BCUT2D eigenvalue weighted by Gasteiger charge is 2.51. The molecule has 1 heteroatoms. The summed E-state index contributed by atoms with van der Waals surface area (Å²) in [5.41, 5.74) is 15.3. The predicted octanol–water partition coefficient (Wildman–Crippen LogP) is 10.5. The summed E-state index contributed by atoms with van der Waals surface area (Å²) in [6.07, 6.45) is 0. The van der Waals surface area contributed by atoms with Gasteiger partial charge in [0.1, 0.15) is 5.75 Å². The number of ether oxygens (including phenoxy) is 1. The lowest BCUT2D eigenvalue weighted by Crippen LogP contribution is -2.25. The van der Waals surface area contributed by atoms with E-state index in [0.717, 1.165) is 5.75 Å². The van der Waals surface area contributed by atoms with Crippen molar-refractivity contribution in [3.05, 3.63) is 174 Å². The highest BCUT2D eigenvalue weighted by molar-refractivity contribution is 6.09. The smallest absolute Gasteiger partial charge is 0.118 e. The molecule has 0 saturated carbocycles. The van der Waals surface area contributed by atoms with E-state index in [1.165, 1.54) is 77.5 Å². The molecule has 0 atom stereocenters. The summed E-state index contributed by atoms with van der Waals surface area (Å²) in [5.74, 6) is 0.864. The summed E-state index contributed by atoms with van der Waals surface area (Å²) in [7, 11) is 1.72. The first-order valence-electron chi connectivity index (χ1n) is 14.9. The predicted molar refractivity (Wildman–Crippen MR) is 178 cm³/mol. The third-order valence-corrected chi connectivity index (χ3v) is 9.62. The number of fused-ring (bicyclic) bond motifs is 11. The van der Waals surface area contributed by atoms with Gasteiger partial charge in [0.15, 0.2) is 0 Å². The molecule has 0 amide bonds. The molecule has 2 aliphatic carbocycles. The number of hydrogen-bond donors (Lipinski definition) is 0. The summed E-state index contributed by atoms with van der Waals surface area (Å²) >= 11 is 0. The fraction of sp³-hybridized carbons (Fsp3) is 0.0476. The molecule has 0 bridgehead atoms. The first-order valence-corrected chi connectivity index (χ1v) is 14.9. The van der Waals surface area contributed by atoms with Gasteiger partial charge < -0.3 is 4.74 Å². The third-order valence-electron chi connectivity index (χ3n) is 9.62. The molecule has 43 heavy (non-hydrogen) atoms. The zero-order valence-corrected chi connectivity index (χ0v) is 23.8.